The highest BCUT2D eigenvalue weighted by atomic mass is 19.1. The summed E-state index contributed by atoms with van der Waals surface area (Å²) in [4.78, 5) is 0. The van der Waals surface area contributed by atoms with Gasteiger partial charge in [-0.25, -0.2) is 8.78 Å². The van der Waals surface area contributed by atoms with E-state index in [4.69, 9.17) is 4.74 Å². The molecule has 3 heteroatoms. The van der Waals surface area contributed by atoms with Gasteiger partial charge in [0.25, 0.3) is 0 Å². The molecule has 0 bridgehead atoms. The molecule has 0 spiro atoms. The summed E-state index contributed by atoms with van der Waals surface area (Å²) in [6.07, 6.45) is -0.217. The van der Waals surface area contributed by atoms with Crippen molar-refractivity contribution in [3.63, 3.8) is 0 Å². The molecule has 1 aliphatic heterocycles. The minimum absolute atomic E-state index is 0.217. The predicted octanol–water partition coefficient (Wildman–Crippen LogP) is 2.04. The number of epoxide rings is 1. The SMILES string of the molecule is Fc1ccc(F)c([C@H]2CO2)c1. The van der Waals surface area contributed by atoms with Crippen molar-refractivity contribution in [3.05, 3.63) is 35.4 Å². The van der Waals surface area contributed by atoms with E-state index in [0.29, 0.717) is 12.2 Å². The molecule has 0 unspecified atom stereocenters. The van der Waals surface area contributed by atoms with Crippen LogP contribution in [0.3, 0.4) is 0 Å². The number of rotatable bonds is 1. The average molecular weight is 156 g/mol. The van der Waals surface area contributed by atoms with Gasteiger partial charge >= 0.3 is 0 Å². The molecule has 0 N–H and O–H groups in total. The zero-order valence-corrected chi connectivity index (χ0v) is 5.68. The fraction of sp³-hybridized carbons (Fsp3) is 0.250. The average Bonchev–Trinajstić information content (AvgIpc) is 2.76. The van der Waals surface area contributed by atoms with Crippen LogP contribution < -0.4 is 0 Å². The standard InChI is InChI=1S/C8H6F2O/c9-5-1-2-7(10)6(3-5)8-4-11-8/h1-3,8H,4H2/t8-/m1/s1. The van der Waals surface area contributed by atoms with Crippen LogP contribution in [-0.2, 0) is 4.74 Å². The Bertz CT molecular complexity index is 281. The van der Waals surface area contributed by atoms with Crippen LogP contribution in [0.15, 0.2) is 18.2 Å². The highest BCUT2D eigenvalue weighted by molar-refractivity contribution is 5.23. The molecule has 1 heterocycles. The number of hydrogen-bond donors (Lipinski definition) is 0. The Kier molecular flexibility index (Phi) is 1.39. The largest absolute Gasteiger partial charge is 0.368 e. The lowest BCUT2D eigenvalue weighted by atomic mass is 10.1. The summed E-state index contributed by atoms with van der Waals surface area (Å²) in [5, 5.41) is 0. The summed E-state index contributed by atoms with van der Waals surface area (Å²) >= 11 is 0. The van der Waals surface area contributed by atoms with E-state index < -0.39 is 11.6 Å². The second-order valence-corrected chi connectivity index (χ2v) is 2.49. The molecule has 0 radical (unpaired) electrons. The van der Waals surface area contributed by atoms with Crippen LogP contribution in [0, 0.1) is 11.6 Å². The summed E-state index contributed by atoms with van der Waals surface area (Å²) in [6.45, 7) is 0.500. The van der Waals surface area contributed by atoms with Crippen LogP contribution in [0.1, 0.15) is 11.7 Å². The third-order valence-corrected chi connectivity index (χ3v) is 1.64. The first kappa shape index (κ1) is 6.73. The van der Waals surface area contributed by atoms with Crippen LogP contribution in [0.5, 0.6) is 0 Å². The first-order valence-electron chi connectivity index (χ1n) is 3.34. The molecular weight excluding hydrogens is 150 g/mol. The Morgan fingerprint density at radius 2 is 2.09 bits per heavy atom. The van der Waals surface area contributed by atoms with Crippen LogP contribution in [0.4, 0.5) is 8.78 Å². The van der Waals surface area contributed by atoms with Crippen molar-refractivity contribution in [2.45, 2.75) is 6.10 Å². The Morgan fingerprint density at radius 3 is 2.73 bits per heavy atom. The summed E-state index contributed by atoms with van der Waals surface area (Å²) in [5.74, 6) is -0.814. The lowest BCUT2D eigenvalue weighted by Gasteiger charge is -1.96. The highest BCUT2D eigenvalue weighted by Gasteiger charge is 2.27. The molecule has 0 amide bonds. The smallest absolute Gasteiger partial charge is 0.129 e. The fourth-order valence-corrected chi connectivity index (χ4v) is 0.989. The molecule has 1 aromatic rings. The summed E-state index contributed by atoms with van der Waals surface area (Å²) in [6, 6.07) is 3.39. The van der Waals surface area contributed by atoms with Crippen molar-refractivity contribution in [2.75, 3.05) is 6.61 Å². The molecule has 0 saturated carbocycles. The van der Waals surface area contributed by atoms with Gasteiger partial charge in [0.15, 0.2) is 0 Å². The van der Waals surface area contributed by atoms with E-state index >= 15 is 0 Å². The third-order valence-electron chi connectivity index (χ3n) is 1.64. The topological polar surface area (TPSA) is 12.5 Å². The van der Waals surface area contributed by atoms with E-state index in [1.165, 1.54) is 6.07 Å². The monoisotopic (exact) mass is 156 g/mol. The van der Waals surface area contributed by atoms with Crippen LogP contribution >= 0.6 is 0 Å². The molecule has 1 aliphatic rings. The molecule has 1 atom stereocenters. The minimum atomic E-state index is -0.420. The molecular formula is C8H6F2O. The Morgan fingerprint density at radius 1 is 1.36 bits per heavy atom. The van der Waals surface area contributed by atoms with Gasteiger partial charge in [0.1, 0.15) is 17.7 Å². The van der Waals surface area contributed by atoms with Gasteiger partial charge in [0.2, 0.25) is 0 Å². The summed E-state index contributed by atoms with van der Waals surface area (Å²) < 4.78 is 30.2. The maximum absolute atomic E-state index is 12.8. The molecule has 0 aliphatic carbocycles. The van der Waals surface area contributed by atoms with E-state index in [1.54, 1.807) is 0 Å². The van der Waals surface area contributed by atoms with Crippen molar-refractivity contribution in [2.24, 2.45) is 0 Å². The van der Waals surface area contributed by atoms with Gasteiger partial charge in [-0.05, 0) is 18.2 Å². The predicted molar refractivity (Wildman–Crippen MR) is 35.1 cm³/mol. The Labute approximate surface area is 62.6 Å². The first-order chi connectivity index (χ1) is 5.27. The molecule has 1 saturated heterocycles. The normalized spacial score (nSPS) is 21.8. The fourth-order valence-electron chi connectivity index (χ4n) is 0.989. The minimum Gasteiger partial charge on any atom is -0.368 e. The van der Waals surface area contributed by atoms with E-state index in [-0.39, 0.29) is 6.10 Å². The van der Waals surface area contributed by atoms with Crippen LogP contribution in [0.25, 0.3) is 0 Å². The lowest BCUT2D eigenvalue weighted by molar-refractivity contribution is 0.406. The van der Waals surface area contributed by atoms with Crippen molar-refractivity contribution in [3.8, 4) is 0 Å². The zero-order chi connectivity index (χ0) is 7.84. The van der Waals surface area contributed by atoms with Gasteiger partial charge in [0.05, 0.1) is 6.61 Å². The van der Waals surface area contributed by atoms with E-state index in [9.17, 15) is 8.78 Å². The van der Waals surface area contributed by atoms with Gasteiger partial charge in [-0.2, -0.15) is 0 Å². The maximum Gasteiger partial charge on any atom is 0.129 e. The Balaban J connectivity index is 2.42. The second-order valence-electron chi connectivity index (χ2n) is 2.49. The van der Waals surface area contributed by atoms with Crippen molar-refractivity contribution >= 4 is 0 Å². The van der Waals surface area contributed by atoms with Crippen molar-refractivity contribution in [1.82, 2.24) is 0 Å². The summed E-state index contributed by atoms with van der Waals surface area (Å²) in [5.41, 5.74) is 0.324. The quantitative estimate of drug-likeness (QED) is 0.567. The Hall–Kier alpha value is -0.960. The zero-order valence-electron chi connectivity index (χ0n) is 5.68. The van der Waals surface area contributed by atoms with E-state index in [0.717, 1.165) is 12.1 Å². The van der Waals surface area contributed by atoms with Crippen LogP contribution in [-0.4, -0.2) is 6.61 Å². The molecule has 0 aromatic heterocycles. The maximum atomic E-state index is 12.8. The van der Waals surface area contributed by atoms with Gasteiger partial charge in [-0.15, -0.1) is 0 Å². The van der Waals surface area contributed by atoms with Gasteiger partial charge < -0.3 is 4.74 Å². The second kappa shape index (κ2) is 2.27. The number of halogens is 2. The summed E-state index contributed by atoms with van der Waals surface area (Å²) in [7, 11) is 0. The van der Waals surface area contributed by atoms with Crippen LogP contribution in [0.2, 0.25) is 0 Å². The van der Waals surface area contributed by atoms with Crippen molar-refractivity contribution in [1.29, 1.82) is 0 Å². The van der Waals surface area contributed by atoms with E-state index in [1.807, 2.05) is 0 Å². The highest BCUT2D eigenvalue weighted by Crippen LogP contribution is 2.31. The molecule has 2 rings (SSSR count). The van der Waals surface area contributed by atoms with Crippen molar-refractivity contribution < 1.29 is 13.5 Å². The van der Waals surface area contributed by atoms with Gasteiger partial charge in [0, 0.05) is 5.56 Å². The molecule has 11 heavy (non-hydrogen) atoms. The number of ether oxygens (including phenoxy) is 1. The first-order valence-corrected chi connectivity index (χ1v) is 3.34. The molecule has 58 valence electrons. The molecule has 1 nitrogen and oxygen atoms in total. The molecule has 1 fully saturated rings. The lowest BCUT2D eigenvalue weighted by Crippen LogP contribution is -1.88. The van der Waals surface area contributed by atoms with E-state index in [2.05, 4.69) is 0 Å². The molecule has 1 aromatic carbocycles. The third kappa shape index (κ3) is 1.24. The number of benzene rings is 1. The number of hydrogen-bond acceptors (Lipinski definition) is 1. The van der Waals surface area contributed by atoms with Gasteiger partial charge in [-0.1, -0.05) is 0 Å². The van der Waals surface area contributed by atoms with Gasteiger partial charge in [-0.3, -0.25) is 0 Å².